The fraction of sp³-hybridized carbons (Fsp3) is 0.440. The van der Waals surface area contributed by atoms with Crippen LogP contribution in [0.15, 0.2) is 46.9 Å². The van der Waals surface area contributed by atoms with Crippen LogP contribution in [0.4, 0.5) is 0 Å². The lowest BCUT2D eigenvalue weighted by Crippen LogP contribution is -2.25. The number of carbonyl (C=O) groups is 1. The van der Waals surface area contributed by atoms with E-state index in [-0.39, 0.29) is 5.91 Å². The van der Waals surface area contributed by atoms with Crippen molar-refractivity contribution in [2.24, 2.45) is 5.92 Å². The van der Waals surface area contributed by atoms with E-state index in [9.17, 15) is 4.79 Å². The Labute approximate surface area is 172 Å². The molecule has 29 heavy (non-hydrogen) atoms. The topological polar surface area (TPSA) is 55.1 Å². The minimum absolute atomic E-state index is 0.165. The van der Waals surface area contributed by atoms with E-state index < -0.39 is 0 Å². The summed E-state index contributed by atoms with van der Waals surface area (Å²) in [7, 11) is 0. The third-order valence-corrected chi connectivity index (χ3v) is 5.71. The molecule has 4 heteroatoms. The van der Waals surface area contributed by atoms with Crippen LogP contribution >= 0.6 is 0 Å². The van der Waals surface area contributed by atoms with Gasteiger partial charge >= 0.3 is 0 Å². The van der Waals surface area contributed by atoms with E-state index in [1.54, 1.807) is 0 Å². The number of nitrogens with zero attached hydrogens (tertiary/aromatic N) is 1. The zero-order valence-electron chi connectivity index (χ0n) is 17.4. The van der Waals surface area contributed by atoms with Crippen LogP contribution < -0.4 is 5.32 Å². The summed E-state index contributed by atoms with van der Waals surface area (Å²) in [5.41, 5.74) is 6.03. The molecule has 0 unspecified atom stereocenters. The molecule has 152 valence electrons. The van der Waals surface area contributed by atoms with Gasteiger partial charge in [0.2, 0.25) is 5.91 Å². The number of oxazole rings is 1. The first-order valence-corrected chi connectivity index (χ1v) is 10.9. The highest BCUT2D eigenvalue weighted by Gasteiger charge is 2.40. The molecule has 1 aromatic heterocycles. The lowest BCUT2D eigenvalue weighted by atomic mass is 10.1. The van der Waals surface area contributed by atoms with Crippen molar-refractivity contribution in [3.63, 3.8) is 0 Å². The van der Waals surface area contributed by atoms with E-state index in [1.165, 1.54) is 16.7 Å². The van der Waals surface area contributed by atoms with Crippen molar-refractivity contribution < 1.29 is 9.21 Å². The molecule has 1 saturated carbocycles. The third kappa shape index (κ3) is 4.87. The SMILES string of the molecule is CCCCc1nc2cccc([C@@H]3C[C@H]3CNC(=O)CCC)c2o1.c1cc2cc-2c1. The molecule has 3 aliphatic rings. The van der Waals surface area contributed by atoms with Crippen molar-refractivity contribution in [2.75, 3.05) is 6.54 Å². The van der Waals surface area contributed by atoms with Crippen LogP contribution in [0.3, 0.4) is 0 Å². The molecule has 0 radical (unpaired) electrons. The first kappa shape index (κ1) is 19.7. The van der Waals surface area contributed by atoms with Crippen molar-refractivity contribution in [1.29, 1.82) is 0 Å². The Morgan fingerprint density at radius 1 is 1.14 bits per heavy atom. The zero-order chi connectivity index (χ0) is 20.2. The summed E-state index contributed by atoms with van der Waals surface area (Å²) in [4.78, 5) is 16.2. The standard InChI is InChI=1S/C19H26N2O2.C6H4/c1-3-5-10-18-21-16-9-6-8-14(19(16)23-18)15-11-13(15)12-20-17(22)7-4-2;1-2-5-4-6(5)3-1/h6,8-9,13,15H,3-5,7,10-12H2,1-2H3,(H,20,22);1-4H/t13-,15+;/m0./s1. The molecule has 3 aliphatic carbocycles. The predicted octanol–water partition coefficient (Wildman–Crippen LogP) is 5.86. The van der Waals surface area contributed by atoms with E-state index >= 15 is 0 Å². The number of hydrogen-bond acceptors (Lipinski definition) is 3. The monoisotopic (exact) mass is 390 g/mol. The number of nitrogens with one attached hydrogen (secondary N) is 1. The lowest BCUT2D eigenvalue weighted by Gasteiger charge is -2.04. The number of unbranched alkanes of at least 4 members (excludes halogenated alkanes) is 1. The smallest absolute Gasteiger partial charge is 0.219 e. The summed E-state index contributed by atoms with van der Waals surface area (Å²) in [5.74, 6) is 2.04. The summed E-state index contributed by atoms with van der Waals surface area (Å²) >= 11 is 0. The summed E-state index contributed by atoms with van der Waals surface area (Å²) in [5, 5.41) is 3.04. The van der Waals surface area contributed by atoms with Crippen molar-refractivity contribution in [2.45, 2.75) is 58.3 Å². The van der Waals surface area contributed by atoms with Gasteiger partial charge in [-0.3, -0.25) is 4.79 Å². The maximum absolute atomic E-state index is 11.6. The molecule has 2 atom stereocenters. The second-order valence-corrected chi connectivity index (χ2v) is 8.14. The fourth-order valence-electron chi connectivity index (χ4n) is 3.83. The van der Waals surface area contributed by atoms with Gasteiger partial charge in [-0.05, 0) is 54.4 Å². The van der Waals surface area contributed by atoms with Gasteiger partial charge in [-0.25, -0.2) is 4.98 Å². The van der Waals surface area contributed by atoms with Gasteiger partial charge in [0, 0.05) is 24.9 Å². The first-order valence-electron chi connectivity index (χ1n) is 10.9. The van der Waals surface area contributed by atoms with Crippen LogP contribution in [0.2, 0.25) is 0 Å². The van der Waals surface area contributed by atoms with Gasteiger partial charge in [0.15, 0.2) is 11.5 Å². The van der Waals surface area contributed by atoms with Crippen LogP contribution in [0.1, 0.15) is 63.3 Å². The average molecular weight is 391 g/mol. The number of amides is 1. The summed E-state index contributed by atoms with van der Waals surface area (Å²) in [6, 6.07) is 14.7. The Balaban J connectivity index is 0.000000286. The average Bonchev–Trinajstić information content (AvgIpc) is 3.58. The van der Waals surface area contributed by atoms with Crippen LogP contribution in [-0.2, 0) is 11.2 Å². The van der Waals surface area contributed by atoms with E-state index in [4.69, 9.17) is 4.42 Å². The molecular weight excluding hydrogens is 360 g/mol. The maximum atomic E-state index is 11.6. The van der Waals surface area contributed by atoms with Crippen molar-refractivity contribution >= 4 is 17.0 Å². The molecule has 0 spiro atoms. The van der Waals surface area contributed by atoms with Crippen molar-refractivity contribution in [3.05, 3.63) is 53.9 Å². The molecule has 1 N–H and O–H groups in total. The van der Waals surface area contributed by atoms with E-state index in [0.717, 1.165) is 55.6 Å². The summed E-state index contributed by atoms with van der Waals surface area (Å²) < 4.78 is 6.02. The van der Waals surface area contributed by atoms with Crippen molar-refractivity contribution in [1.82, 2.24) is 10.3 Å². The molecule has 1 fully saturated rings. The van der Waals surface area contributed by atoms with Gasteiger partial charge in [-0.15, -0.1) is 0 Å². The number of benzene rings is 2. The number of para-hydroxylation sites is 1. The van der Waals surface area contributed by atoms with Crippen molar-refractivity contribution in [3.8, 4) is 11.1 Å². The van der Waals surface area contributed by atoms with E-state index in [1.807, 2.05) is 13.0 Å². The zero-order valence-corrected chi connectivity index (χ0v) is 17.4. The fourth-order valence-corrected chi connectivity index (χ4v) is 3.83. The predicted molar refractivity (Wildman–Crippen MR) is 117 cm³/mol. The van der Waals surface area contributed by atoms with Gasteiger partial charge in [0.25, 0.3) is 0 Å². The lowest BCUT2D eigenvalue weighted by molar-refractivity contribution is -0.121. The Bertz CT molecular complexity index is 974. The van der Waals surface area contributed by atoms with Gasteiger partial charge in [-0.2, -0.15) is 0 Å². The van der Waals surface area contributed by atoms with Gasteiger partial charge < -0.3 is 9.73 Å². The Hall–Kier alpha value is -2.62. The van der Waals surface area contributed by atoms with Crippen LogP contribution in [0.5, 0.6) is 0 Å². The van der Waals surface area contributed by atoms with Crippen LogP contribution in [0, 0.1) is 5.92 Å². The third-order valence-electron chi connectivity index (χ3n) is 5.71. The number of aryl methyl sites for hydroxylation is 1. The largest absolute Gasteiger partial charge is 0.440 e. The van der Waals surface area contributed by atoms with E-state index in [2.05, 4.69) is 53.6 Å². The Morgan fingerprint density at radius 3 is 2.59 bits per heavy atom. The molecule has 0 bridgehead atoms. The molecule has 5 rings (SSSR count). The van der Waals surface area contributed by atoms with Gasteiger partial charge in [-0.1, -0.05) is 50.6 Å². The van der Waals surface area contributed by atoms with Crippen LogP contribution in [0.25, 0.3) is 22.2 Å². The molecule has 2 aromatic rings. The minimum atomic E-state index is 0.165. The number of hydrogen-bond donors (Lipinski definition) is 1. The molecular formula is C25H30N2O2. The highest BCUT2D eigenvalue weighted by Crippen LogP contribution is 2.49. The molecule has 0 aliphatic heterocycles. The number of carbonyl (C=O) groups excluding carboxylic acids is 1. The second kappa shape index (κ2) is 8.81. The second-order valence-electron chi connectivity index (χ2n) is 8.14. The summed E-state index contributed by atoms with van der Waals surface area (Å²) in [6.07, 6.45) is 5.81. The molecule has 1 amide bonds. The molecule has 1 heterocycles. The number of rotatable bonds is 8. The van der Waals surface area contributed by atoms with Gasteiger partial charge in [0.1, 0.15) is 5.52 Å². The quantitative estimate of drug-likeness (QED) is 0.410. The van der Waals surface area contributed by atoms with Crippen LogP contribution in [-0.4, -0.2) is 17.4 Å². The normalized spacial score (nSPS) is 18.1. The summed E-state index contributed by atoms with van der Waals surface area (Å²) in [6.45, 7) is 4.98. The molecule has 1 aromatic carbocycles. The van der Waals surface area contributed by atoms with Gasteiger partial charge in [0.05, 0.1) is 0 Å². The Morgan fingerprint density at radius 2 is 1.93 bits per heavy atom. The minimum Gasteiger partial charge on any atom is -0.440 e. The molecule has 4 nitrogen and oxygen atoms in total. The molecule has 0 saturated heterocycles. The first-order chi connectivity index (χ1) is 14.2. The Kier molecular flexibility index (Phi) is 5.98. The number of aromatic nitrogens is 1. The highest BCUT2D eigenvalue weighted by molar-refractivity contribution is 5.80. The van der Waals surface area contributed by atoms with E-state index in [0.29, 0.717) is 18.3 Å². The maximum Gasteiger partial charge on any atom is 0.219 e. The highest BCUT2D eigenvalue weighted by atomic mass is 16.3. The number of fused-ring (bicyclic) bond motifs is 2.